The first-order chi connectivity index (χ1) is 16.5. The van der Waals surface area contributed by atoms with Crippen molar-refractivity contribution < 1.29 is 29.0 Å². The lowest BCUT2D eigenvalue weighted by Gasteiger charge is -2.29. The Bertz CT molecular complexity index is 1060. The van der Waals surface area contributed by atoms with Gasteiger partial charge in [0.15, 0.2) is 0 Å². The summed E-state index contributed by atoms with van der Waals surface area (Å²) in [5.74, 6) is -1.72. The second-order valence-corrected chi connectivity index (χ2v) is 9.35. The fourth-order valence-electron chi connectivity index (χ4n) is 5.39. The normalized spacial score (nSPS) is 25.4. The summed E-state index contributed by atoms with van der Waals surface area (Å²) in [6.07, 6.45) is 1.19. The molecule has 8 nitrogen and oxygen atoms in total. The van der Waals surface area contributed by atoms with Gasteiger partial charge in [0.25, 0.3) is 0 Å². The van der Waals surface area contributed by atoms with E-state index in [0.717, 1.165) is 22.3 Å². The number of hydrogen-bond donors (Lipinski definition) is 3. The Kier molecular flexibility index (Phi) is 6.00. The van der Waals surface area contributed by atoms with Gasteiger partial charge in [-0.2, -0.15) is 0 Å². The van der Waals surface area contributed by atoms with Gasteiger partial charge in [-0.3, -0.25) is 9.59 Å². The molecule has 1 saturated carbocycles. The highest BCUT2D eigenvalue weighted by atomic mass is 16.6. The molecule has 1 unspecified atom stereocenters. The number of fused-ring (bicyclic) bond motifs is 3. The predicted molar refractivity (Wildman–Crippen MR) is 123 cm³/mol. The number of rotatable bonds is 6. The molecule has 2 amide bonds. The number of carbonyl (C=O) groups is 3. The predicted octanol–water partition coefficient (Wildman–Crippen LogP) is 3.05. The number of benzene rings is 2. The minimum atomic E-state index is -1.22. The van der Waals surface area contributed by atoms with E-state index in [4.69, 9.17) is 9.47 Å². The van der Waals surface area contributed by atoms with Gasteiger partial charge in [-0.15, -0.1) is 0 Å². The third-order valence-electron chi connectivity index (χ3n) is 7.26. The summed E-state index contributed by atoms with van der Waals surface area (Å²) in [6.45, 7) is 0.554. The summed E-state index contributed by atoms with van der Waals surface area (Å²) in [5, 5.41) is 14.9. The van der Waals surface area contributed by atoms with Gasteiger partial charge in [0.1, 0.15) is 12.1 Å². The number of alkyl carbamates (subject to hydrolysis) is 1. The van der Waals surface area contributed by atoms with E-state index in [1.54, 1.807) is 0 Å². The molecule has 1 saturated heterocycles. The van der Waals surface area contributed by atoms with Gasteiger partial charge in [-0.1, -0.05) is 48.5 Å². The van der Waals surface area contributed by atoms with Crippen molar-refractivity contribution in [3.63, 3.8) is 0 Å². The molecule has 3 atom stereocenters. The van der Waals surface area contributed by atoms with E-state index in [1.165, 1.54) is 0 Å². The first-order valence-electron chi connectivity index (χ1n) is 11.7. The fourth-order valence-corrected chi connectivity index (χ4v) is 5.39. The van der Waals surface area contributed by atoms with Crippen LogP contribution in [-0.4, -0.2) is 54.5 Å². The number of carboxylic acid groups (broad SMARTS) is 1. The summed E-state index contributed by atoms with van der Waals surface area (Å²) >= 11 is 0. The van der Waals surface area contributed by atoms with Crippen molar-refractivity contribution in [2.45, 2.75) is 43.2 Å². The van der Waals surface area contributed by atoms with Crippen molar-refractivity contribution in [1.82, 2.24) is 10.6 Å². The van der Waals surface area contributed by atoms with Crippen molar-refractivity contribution in [1.29, 1.82) is 0 Å². The smallest absolute Gasteiger partial charge is 0.408 e. The van der Waals surface area contributed by atoms with Gasteiger partial charge in [-0.05, 0) is 41.5 Å². The molecule has 1 heterocycles. The first-order valence-corrected chi connectivity index (χ1v) is 11.7. The molecule has 0 spiro atoms. The average Bonchev–Trinajstić information content (AvgIpc) is 3.56. The largest absolute Gasteiger partial charge is 0.481 e. The molecular formula is C26H28N2O6. The Morgan fingerprint density at radius 1 is 1.03 bits per heavy atom. The molecule has 8 heteroatoms. The topological polar surface area (TPSA) is 114 Å². The standard InChI is InChI=1S/C26H28N2O6/c29-23(30)16-9-10-17(13-16)27-24(31)26(11-12-33-15-26)28-25(32)34-14-22-20-7-3-1-5-18(20)19-6-2-4-8-21(19)22/h1-8,16-17,22H,9-15H2,(H,27,31)(H,28,32)(H,29,30)/t16-,17+,26?/m1/s1. The molecule has 3 N–H and O–H groups in total. The number of hydrogen-bond acceptors (Lipinski definition) is 5. The van der Waals surface area contributed by atoms with Gasteiger partial charge in [0, 0.05) is 25.0 Å². The molecular weight excluding hydrogens is 436 g/mol. The summed E-state index contributed by atoms with van der Waals surface area (Å²) in [6, 6.07) is 16.0. The van der Waals surface area contributed by atoms with Crippen molar-refractivity contribution in [2.75, 3.05) is 19.8 Å². The van der Waals surface area contributed by atoms with Crippen LogP contribution in [-0.2, 0) is 19.1 Å². The second-order valence-electron chi connectivity index (χ2n) is 9.35. The van der Waals surface area contributed by atoms with E-state index >= 15 is 0 Å². The maximum absolute atomic E-state index is 13.1. The van der Waals surface area contributed by atoms with Gasteiger partial charge in [0.2, 0.25) is 5.91 Å². The molecule has 2 aromatic carbocycles. The molecule has 1 aliphatic heterocycles. The second kappa shape index (κ2) is 9.10. The van der Waals surface area contributed by atoms with Crippen LogP contribution in [0.5, 0.6) is 0 Å². The van der Waals surface area contributed by atoms with E-state index in [2.05, 4.69) is 22.8 Å². The summed E-state index contributed by atoms with van der Waals surface area (Å²) in [4.78, 5) is 37.2. The Balaban J connectivity index is 1.23. The third-order valence-corrected chi connectivity index (χ3v) is 7.26. The quantitative estimate of drug-likeness (QED) is 0.606. The van der Waals surface area contributed by atoms with Gasteiger partial charge >= 0.3 is 12.1 Å². The highest BCUT2D eigenvalue weighted by Gasteiger charge is 2.46. The van der Waals surface area contributed by atoms with E-state index in [1.807, 2.05) is 36.4 Å². The summed E-state index contributed by atoms with van der Waals surface area (Å²) in [7, 11) is 0. The first kappa shape index (κ1) is 22.4. The maximum atomic E-state index is 13.1. The molecule has 2 aromatic rings. The van der Waals surface area contributed by atoms with Crippen molar-refractivity contribution in [2.24, 2.45) is 5.92 Å². The van der Waals surface area contributed by atoms with E-state index < -0.39 is 23.5 Å². The number of ether oxygens (including phenoxy) is 2. The minimum Gasteiger partial charge on any atom is -0.481 e. The van der Waals surface area contributed by atoms with Crippen LogP contribution in [0.15, 0.2) is 48.5 Å². The minimum absolute atomic E-state index is 0.0537. The lowest BCUT2D eigenvalue weighted by atomic mass is 9.96. The van der Waals surface area contributed by atoms with Crippen LogP contribution in [0.3, 0.4) is 0 Å². The number of aliphatic carboxylic acids is 1. The van der Waals surface area contributed by atoms with Crippen LogP contribution in [0.1, 0.15) is 42.7 Å². The molecule has 2 aliphatic carbocycles. The van der Waals surface area contributed by atoms with Crippen molar-refractivity contribution >= 4 is 18.0 Å². The molecule has 2 fully saturated rings. The summed E-state index contributed by atoms with van der Waals surface area (Å²) < 4.78 is 11.1. The Morgan fingerprint density at radius 3 is 2.29 bits per heavy atom. The lowest BCUT2D eigenvalue weighted by Crippen LogP contribution is -2.60. The van der Waals surface area contributed by atoms with E-state index in [0.29, 0.717) is 32.3 Å². The number of nitrogens with one attached hydrogen (secondary N) is 2. The molecule has 34 heavy (non-hydrogen) atoms. The molecule has 0 radical (unpaired) electrons. The zero-order chi connectivity index (χ0) is 23.7. The average molecular weight is 465 g/mol. The SMILES string of the molecule is O=C(NC1(C(=O)N[C@H]2CC[C@@H](C(=O)O)C2)CCOC1)OCC1c2ccccc2-c2ccccc21. The highest BCUT2D eigenvalue weighted by Crippen LogP contribution is 2.44. The third kappa shape index (κ3) is 4.14. The van der Waals surface area contributed by atoms with Crippen LogP contribution in [0.4, 0.5) is 4.79 Å². The Morgan fingerprint density at radius 2 is 1.71 bits per heavy atom. The number of carboxylic acids is 1. The van der Waals surface area contributed by atoms with Gasteiger partial charge < -0.3 is 25.2 Å². The lowest BCUT2D eigenvalue weighted by molar-refractivity contribution is -0.141. The highest BCUT2D eigenvalue weighted by molar-refractivity contribution is 5.91. The maximum Gasteiger partial charge on any atom is 0.408 e. The van der Waals surface area contributed by atoms with Crippen LogP contribution >= 0.6 is 0 Å². The monoisotopic (exact) mass is 464 g/mol. The zero-order valence-corrected chi connectivity index (χ0v) is 18.8. The van der Waals surface area contributed by atoms with Crippen LogP contribution in [0, 0.1) is 5.92 Å². The summed E-state index contributed by atoms with van der Waals surface area (Å²) in [5.41, 5.74) is 3.29. The van der Waals surface area contributed by atoms with Crippen LogP contribution in [0.2, 0.25) is 0 Å². The molecule has 0 aromatic heterocycles. The van der Waals surface area contributed by atoms with Gasteiger partial charge in [0.05, 0.1) is 12.5 Å². The van der Waals surface area contributed by atoms with E-state index in [9.17, 15) is 19.5 Å². The van der Waals surface area contributed by atoms with Crippen LogP contribution < -0.4 is 10.6 Å². The molecule has 0 bridgehead atoms. The fraction of sp³-hybridized carbons (Fsp3) is 0.423. The van der Waals surface area contributed by atoms with Crippen molar-refractivity contribution in [3.8, 4) is 11.1 Å². The van der Waals surface area contributed by atoms with Crippen LogP contribution in [0.25, 0.3) is 11.1 Å². The molecule has 178 valence electrons. The molecule has 5 rings (SSSR count). The van der Waals surface area contributed by atoms with Crippen molar-refractivity contribution in [3.05, 3.63) is 59.7 Å². The number of carbonyl (C=O) groups excluding carboxylic acids is 2. The molecule has 3 aliphatic rings. The Labute approximate surface area is 197 Å². The number of amides is 2. The van der Waals surface area contributed by atoms with Gasteiger partial charge in [-0.25, -0.2) is 4.79 Å². The zero-order valence-electron chi connectivity index (χ0n) is 18.8. The Hall–Kier alpha value is -3.39. The van der Waals surface area contributed by atoms with E-state index in [-0.39, 0.29) is 31.1 Å².